The Labute approximate surface area is 600 Å². The quantitative estimate of drug-likeness (QED) is 0.0222. The van der Waals surface area contributed by atoms with E-state index in [4.69, 9.17) is 37.0 Å². The fourth-order valence-corrected chi connectivity index (χ4v) is 13.7. The van der Waals surface area contributed by atoms with Crippen molar-refractivity contribution in [3.8, 4) is 0 Å². The number of unbranched alkanes of at least 4 members (excludes halogenated alkanes) is 42. The van der Waals surface area contributed by atoms with E-state index in [0.29, 0.717) is 31.6 Å². The number of aliphatic hydroxyl groups is 1. The predicted octanol–water partition coefficient (Wildman–Crippen LogP) is 23.2. The fraction of sp³-hybridized carbons (Fsp3) is 0.949. The summed E-state index contributed by atoms with van der Waals surface area (Å²) in [6, 6.07) is 0. The lowest BCUT2D eigenvalue weighted by molar-refractivity contribution is -0.161. The lowest BCUT2D eigenvalue weighted by Gasteiger charge is -2.21. The molecule has 3 N–H and O–H groups in total. The molecule has 0 aliphatic heterocycles. The Hall–Kier alpha value is -1.94. The molecule has 3 unspecified atom stereocenters. The van der Waals surface area contributed by atoms with Gasteiger partial charge in [-0.05, 0) is 49.4 Å². The van der Waals surface area contributed by atoms with Crippen LogP contribution in [0.3, 0.4) is 0 Å². The molecule has 0 aliphatic rings. The normalized spacial score (nSPS) is 14.1. The Bertz CT molecular complexity index is 1920. The van der Waals surface area contributed by atoms with Gasteiger partial charge in [0, 0.05) is 25.7 Å². The highest BCUT2D eigenvalue weighted by Crippen LogP contribution is 2.45. The summed E-state index contributed by atoms with van der Waals surface area (Å²) in [5, 5.41) is 10.6. The summed E-state index contributed by atoms with van der Waals surface area (Å²) in [6.45, 7) is 14.2. The number of esters is 4. The van der Waals surface area contributed by atoms with E-state index in [-0.39, 0.29) is 25.7 Å². The minimum Gasteiger partial charge on any atom is -0.462 e. The van der Waals surface area contributed by atoms with Crippen LogP contribution in [0.5, 0.6) is 0 Å². The maximum Gasteiger partial charge on any atom is 0.472 e. The molecular formula is C79H154O17P2. The fourth-order valence-electron chi connectivity index (χ4n) is 12.1. The second-order valence-electron chi connectivity index (χ2n) is 30.4. The molecule has 17 nitrogen and oxygen atoms in total. The highest BCUT2D eigenvalue weighted by atomic mass is 31.2. The van der Waals surface area contributed by atoms with Gasteiger partial charge in [0.1, 0.15) is 19.3 Å². The molecule has 0 amide bonds. The molecule has 0 spiro atoms. The summed E-state index contributed by atoms with van der Waals surface area (Å²) in [5.41, 5.74) is 0. The molecule has 5 atom stereocenters. The smallest absolute Gasteiger partial charge is 0.462 e. The van der Waals surface area contributed by atoms with Crippen molar-refractivity contribution >= 4 is 39.5 Å². The molecule has 582 valence electrons. The van der Waals surface area contributed by atoms with Crippen molar-refractivity contribution in [1.82, 2.24) is 0 Å². The van der Waals surface area contributed by atoms with Crippen LogP contribution in [0.25, 0.3) is 0 Å². The zero-order valence-corrected chi connectivity index (χ0v) is 66.2. The molecule has 0 aromatic heterocycles. The van der Waals surface area contributed by atoms with Gasteiger partial charge in [0.15, 0.2) is 12.2 Å². The summed E-state index contributed by atoms with van der Waals surface area (Å²) in [5.74, 6) is 0.932. The minimum atomic E-state index is -4.96. The summed E-state index contributed by atoms with van der Waals surface area (Å²) in [4.78, 5) is 72.9. The molecule has 0 heterocycles. The number of phosphoric acid groups is 2. The molecule has 0 radical (unpaired) electrons. The summed E-state index contributed by atoms with van der Waals surface area (Å²) < 4.78 is 68.6. The molecule has 0 saturated heterocycles. The van der Waals surface area contributed by atoms with Gasteiger partial charge in [-0.2, -0.15) is 0 Å². The van der Waals surface area contributed by atoms with Gasteiger partial charge < -0.3 is 33.8 Å². The summed E-state index contributed by atoms with van der Waals surface area (Å²) >= 11 is 0. The van der Waals surface area contributed by atoms with Gasteiger partial charge >= 0.3 is 39.5 Å². The molecule has 98 heavy (non-hydrogen) atoms. The standard InChI is InChI=1S/C79H154O17P2/c1-69(2)55-47-39-31-25-19-13-10-9-11-15-23-29-35-45-53-61-79(84)96-75(66-90-77(82)60-52-44-38-37-42-50-58-72(7)8)68-94-98(87,88)92-64-73(80)63-91-97(85,86)93-67-74(95-78(83)62-54-46-36-30-24-18-17-21-27-33-41-49-57-71(5)6)65-89-76(81)59-51-43-34-28-22-16-12-14-20-26-32-40-48-56-70(3)4/h69-75,80H,9-68H2,1-8H3,(H,85,86)(H,87,88)/t73?,74-,75-/m1/s1. The van der Waals surface area contributed by atoms with E-state index in [1.807, 2.05) is 0 Å². The van der Waals surface area contributed by atoms with Crippen LogP contribution in [0.2, 0.25) is 0 Å². The number of carbonyl (C=O) groups excluding carboxylic acids is 4. The predicted molar refractivity (Wildman–Crippen MR) is 400 cm³/mol. The van der Waals surface area contributed by atoms with Crippen LogP contribution in [0.1, 0.15) is 402 Å². The van der Waals surface area contributed by atoms with E-state index in [0.717, 1.165) is 114 Å². The van der Waals surface area contributed by atoms with E-state index < -0.39 is 97.5 Å². The summed E-state index contributed by atoms with van der Waals surface area (Å²) in [7, 11) is -9.92. The second kappa shape index (κ2) is 68.2. The van der Waals surface area contributed by atoms with Crippen molar-refractivity contribution in [3.63, 3.8) is 0 Å². The SMILES string of the molecule is CC(C)CCCCCCCCCCCCCCCCCC(=O)O[C@H](COC(=O)CCCCCCCCC(C)C)COP(=O)(O)OCC(O)COP(=O)(O)OC[C@@H](COC(=O)CCCCCCCCCCCCCCCC(C)C)OC(=O)CCCCCCCCCCCCCCC(C)C. The Morgan fingerprint density at radius 2 is 0.429 bits per heavy atom. The van der Waals surface area contributed by atoms with Gasteiger partial charge in [-0.3, -0.25) is 37.3 Å². The Morgan fingerprint density at radius 3 is 0.633 bits per heavy atom. The molecule has 0 aliphatic carbocycles. The van der Waals surface area contributed by atoms with Gasteiger partial charge in [-0.25, -0.2) is 9.13 Å². The first kappa shape index (κ1) is 96.1. The number of hydrogen-bond donors (Lipinski definition) is 3. The van der Waals surface area contributed by atoms with Crippen molar-refractivity contribution in [2.24, 2.45) is 23.7 Å². The number of carbonyl (C=O) groups is 4. The largest absolute Gasteiger partial charge is 0.472 e. The third kappa shape index (κ3) is 72.4. The van der Waals surface area contributed by atoms with Crippen molar-refractivity contribution in [1.29, 1.82) is 0 Å². The Kier molecular flexibility index (Phi) is 66.8. The molecule has 0 aromatic rings. The maximum atomic E-state index is 13.1. The number of ether oxygens (including phenoxy) is 4. The number of phosphoric ester groups is 2. The highest BCUT2D eigenvalue weighted by molar-refractivity contribution is 7.47. The van der Waals surface area contributed by atoms with Crippen LogP contribution in [0.15, 0.2) is 0 Å². The zero-order chi connectivity index (χ0) is 72.4. The maximum absolute atomic E-state index is 13.1. The van der Waals surface area contributed by atoms with Crippen LogP contribution < -0.4 is 0 Å². The van der Waals surface area contributed by atoms with E-state index in [1.165, 1.54) is 199 Å². The first-order valence-corrected chi connectivity index (χ1v) is 43.7. The van der Waals surface area contributed by atoms with Crippen molar-refractivity contribution in [2.75, 3.05) is 39.6 Å². The average Bonchev–Trinajstić information content (AvgIpc) is 0.961. The summed E-state index contributed by atoms with van der Waals surface area (Å²) in [6.07, 6.45) is 54.2. The Morgan fingerprint density at radius 1 is 0.255 bits per heavy atom. The van der Waals surface area contributed by atoms with E-state index in [9.17, 15) is 43.2 Å². The molecule has 0 bridgehead atoms. The van der Waals surface area contributed by atoms with Gasteiger partial charge in [-0.1, -0.05) is 351 Å². The molecule has 0 aromatic carbocycles. The van der Waals surface area contributed by atoms with Crippen LogP contribution in [0.4, 0.5) is 0 Å². The number of aliphatic hydroxyl groups excluding tert-OH is 1. The van der Waals surface area contributed by atoms with E-state index >= 15 is 0 Å². The molecule has 0 saturated carbocycles. The van der Waals surface area contributed by atoms with Crippen molar-refractivity contribution in [2.45, 2.75) is 420 Å². The topological polar surface area (TPSA) is 237 Å². The molecule has 19 heteroatoms. The third-order valence-electron chi connectivity index (χ3n) is 18.3. The van der Waals surface area contributed by atoms with Crippen LogP contribution in [-0.4, -0.2) is 96.7 Å². The van der Waals surface area contributed by atoms with Crippen LogP contribution in [0, 0.1) is 23.7 Å². The monoisotopic (exact) mass is 1440 g/mol. The first-order chi connectivity index (χ1) is 47.1. The van der Waals surface area contributed by atoms with Gasteiger partial charge in [0.2, 0.25) is 0 Å². The molecule has 0 rings (SSSR count). The van der Waals surface area contributed by atoms with E-state index in [1.54, 1.807) is 0 Å². The molecule has 0 fully saturated rings. The Balaban J connectivity index is 5.22. The van der Waals surface area contributed by atoms with Crippen LogP contribution >= 0.6 is 15.6 Å². The minimum absolute atomic E-state index is 0.106. The third-order valence-corrected chi connectivity index (χ3v) is 20.2. The lowest BCUT2D eigenvalue weighted by Crippen LogP contribution is -2.30. The average molecular weight is 1440 g/mol. The number of rotatable bonds is 76. The first-order valence-electron chi connectivity index (χ1n) is 40.7. The van der Waals surface area contributed by atoms with Crippen LogP contribution in [-0.2, 0) is 65.4 Å². The van der Waals surface area contributed by atoms with Gasteiger partial charge in [0.05, 0.1) is 26.4 Å². The van der Waals surface area contributed by atoms with Gasteiger partial charge in [-0.15, -0.1) is 0 Å². The zero-order valence-electron chi connectivity index (χ0n) is 64.4. The lowest BCUT2D eigenvalue weighted by atomic mass is 10.0. The van der Waals surface area contributed by atoms with Crippen molar-refractivity contribution in [3.05, 3.63) is 0 Å². The van der Waals surface area contributed by atoms with Crippen molar-refractivity contribution < 1.29 is 80.2 Å². The number of hydrogen-bond acceptors (Lipinski definition) is 15. The second-order valence-corrected chi connectivity index (χ2v) is 33.3. The van der Waals surface area contributed by atoms with Gasteiger partial charge in [0.25, 0.3) is 0 Å². The highest BCUT2D eigenvalue weighted by Gasteiger charge is 2.30. The molecular weight excluding hydrogens is 1280 g/mol. The van der Waals surface area contributed by atoms with E-state index in [2.05, 4.69) is 55.4 Å².